The van der Waals surface area contributed by atoms with E-state index in [1.54, 1.807) is 0 Å². The smallest absolute Gasteiger partial charge is 0.163 e. The van der Waals surface area contributed by atoms with Gasteiger partial charge in [0.25, 0.3) is 0 Å². The topological polar surface area (TPSA) is 35.5 Å². The van der Waals surface area contributed by atoms with Crippen LogP contribution in [0, 0.1) is 0 Å². The second-order valence-corrected chi connectivity index (χ2v) is 14.1. The van der Waals surface area contributed by atoms with E-state index in [-0.39, 0.29) is 11.0 Å². The van der Waals surface area contributed by atoms with E-state index in [0.29, 0.717) is 6.61 Å². The Morgan fingerprint density at radius 2 is 1.85 bits per heavy atom. The first-order chi connectivity index (χ1) is 9.21. The van der Waals surface area contributed by atoms with Crippen LogP contribution in [0.25, 0.3) is 0 Å². The average molecular weight is 313 g/mol. The lowest BCUT2D eigenvalue weighted by Gasteiger charge is -2.32. The Morgan fingerprint density at radius 3 is 2.30 bits per heavy atom. The SMILES string of the molecule is CC1(C)OC[C@@H]([C@H](S(=O)c2ccccc2)[Si](C)(C)C)O1. The number of hydrogen-bond donors (Lipinski definition) is 0. The van der Waals surface area contributed by atoms with E-state index in [4.69, 9.17) is 9.47 Å². The van der Waals surface area contributed by atoms with Crippen LogP contribution in [0.15, 0.2) is 35.2 Å². The first kappa shape index (κ1) is 15.9. The largest absolute Gasteiger partial charge is 0.348 e. The van der Waals surface area contributed by atoms with E-state index < -0.39 is 24.7 Å². The molecule has 3 atom stereocenters. The lowest BCUT2D eigenvalue weighted by Crippen LogP contribution is -2.50. The van der Waals surface area contributed by atoms with Crippen LogP contribution < -0.4 is 0 Å². The van der Waals surface area contributed by atoms with Gasteiger partial charge in [0.05, 0.1) is 36.5 Å². The van der Waals surface area contributed by atoms with Crippen LogP contribution in [0.4, 0.5) is 0 Å². The molecule has 1 saturated heterocycles. The highest BCUT2D eigenvalue weighted by atomic mass is 32.2. The molecule has 1 aromatic rings. The number of rotatable bonds is 4. The van der Waals surface area contributed by atoms with Crippen molar-refractivity contribution in [1.29, 1.82) is 0 Å². The summed E-state index contributed by atoms with van der Waals surface area (Å²) in [6.07, 6.45) is -0.0855. The van der Waals surface area contributed by atoms with E-state index in [2.05, 4.69) is 19.6 Å². The number of hydrogen-bond acceptors (Lipinski definition) is 3. The summed E-state index contributed by atoms with van der Waals surface area (Å²) in [5, 5.41) is 0. The molecule has 0 spiro atoms. The summed E-state index contributed by atoms with van der Waals surface area (Å²) in [5.41, 5.74) is 0. The minimum absolute atomic E-state index is 0.0340. The zero-order chi connectivity index (χ0) is 15.0. The molecule has 5 heteroatoms. The van der Waals surface area contributed by atoms with Crippen molar-refractivity contribution in [3.05, 3.63) is 30.3 Å². The number of ether oxygens (including phenoxy) is 2. The minimum Gasteiger partial charge on any atom is -0.348 e. The summed E-state index contributed by atoms with van der Waals surface area (Å²) in [7, 11) is -2.72. The van der Waals surface area contributed by atoms with Crippen LogP contribution in [0.1, 0.15) is 13.8 Å². The molecule has 2 rings (SSSR count). The van der Waals surface area contributed by atoms with Crippen molar-refractivity contribution in [2.45, 2.75) is 55.1 Å². The molecule has 1 aliphatic heterocycles. The maximum atomic E-state index is 13.0. The van der Waals surface area contributed by atoms with Crippen molar-refractivity contribution in [2.75, 3.05) is 6.61 Å². The summed E-state index contributed by atoms with van der Waals surface area (Å²) in [4.78, 5) is 0.917. The van der Waals surface area contributed by atoms with Gasteiger partial charge >= 0.3 is 0 Å². The molecule has 0 radical (unpaired) electrons. The summed E-state index contributed by atoms with van der Waals surface area (Å²) in [6.45, 7) is 11.1. The Hall–Kier alpha value is -0.493. The van der Waals surface area contributed by atoms with Gasteiger partial charge in [-0.2, -0.15) is 0 Å². The maximum Gasteiger partial charge on any atom is 0.163 e. The van der Waals surface area contributed by atoms with Gasteiger partial charge < -0.3 is 9.47 Å². The molecular weight excluding hydrogens is 288 g/mol. The fourth-order valence-corrected chi connectivity index (χ4v) is 7.97. The third-order valence-electron chi connectivity index (χ3n) is 3.43. The predicted molar refractivity (Wildman–Crippen MR) is 84.9 cm³/mol. The van der Waals surface area contributed by atoms with Gasteiger partial charge in [-0.25, -0.2) is 0 Å². The molecule has 0 aliphatic carbocycles. The summed E-state index contributed by atoms with van der Waals surface area (Å²) >= 11 is 0. The van der Waals surface area contributed by atoms with Gasteiger partial charge in [-0.05, 0) is 26.0 Å². The van der Waals surface area contributed by atoms with Gasteiger partial charge in [0.15, 0.2) is 5.79 Å². The molecular formula is C15H24O3SSi. The second kappa shape index (κ2) is 5.71. The third kappa shape index (κ3) is 3.58. The van der Waals surface area contributed by atoms with Crippen LogP contribution in [0.3, 0.4) is 0 Å². The van der Waals surface area contributed by atoms with E-state index >= 15 is 0 Å². The highest BCUT2D eigenvalue weighted by molar-refractivity contribution is 7.87. The zero-order valence-electron chi connectivity index (χ0n) is 12.9. The van der Waals surface area contributed by atoms with Crippen LogP contribution >= 0.6 is 0 Å². The summed E-state index contributed by atoms with van der Waals surface area (Å²) in [5.74, 6) is -0.566. The van der Waals surface area contributed by atoms with Gasteiger partial charge in [0.2, 0.25) is 0 Å². The monoisotopic (exact) mass is 312 g/mol. The molecule has 3 nitrogen and oxygen atoms in total. The van der Waals surface area contributed by atoms with Crippen molar-refractivity contribution >= 4 is 18.9 Å². The quantitative estimate of drug-likeness (QED) is 0.801. The van der Waals surface area contributed by atoms with Gasteiger partial charge in [-0.3, -0.25) is 4.21 Å². The molecule has 0 saturated carbocycles. The fourth-order valence-electron chi connectivity index (χ4n) is 2.58. The molecule has 0 aromatic heterocycles. The van der Waals surface area contributed by atoms with Gasteiger partial charge in [-0.1, -0.05) is 37.8 Å². The predicted octanol–water partition coefficient (Wildman–Crippen LogP) is 3.19. The average Bonchev–Trinajstić information content (AvgIpc) is 2.69. The third-order valence-corrected chi connectivity index (χ3v) is 9.77. The van der Waals surface area contributed by atoms with Crippen LogP contribution in [0.2, 0.25) is 19.6 Å². The van der Waals surface area contributed by atoms with Crippen LogP contribution in [0.5, 0.6) is 0 Å². The van der Waals surface area contributed by atoms with Crippen molar-refractivity contribution in [2.24, 2.45) is 0 Å². The second-order valence-electron chi connectivity index (χ2n) is 6.76. The van der Waals surface area contributed by atoms with E-state index in [1.807, 2.05) is 44.2 Å². The molecule has 0 amide bonds. The first-order valence-corrected chi connectivity index (χ1v) is 11.8. The number of benzene rings is 1. The molecule has 0 bridgehead atoms. The first-order valence-electron chi connectivity index (χ1n) is 6.98. The highest BCUT2D eigenvalue weighted by Crippen LogP contribution is 2.32. The normalized spacial score (nSPS) is 25.4. The molecule has 1 unspecified atom stereocenters. The van der Waals surface area contributed by atoms with E-state index in [1.165, 1.54) is 0 Å². The lowest BCUT2D eigenvalue weighted by molar-refractivity contribution is -0.136. The fraction of sp³-hybridized carbons (Fsp3) is 0.600. The van der Waals surface area contributed by atoms with Crippen molar-refractivity contribution in [3.8, 4) is 0 Å². The summed E-state index contributed by atoms with van der Waals surface area (Å²) in [6, 6.07) is 9.69. The van der Waals surface area contributed by atoms with Gasteiger partial charge in [0, 0.05) is 4.90 Å². The van der Waals surface area contributed by atoms with Crippen molar-refractivity contribution in [1.82, 2.24) is 0 Å². The molecule has 20 heavy (non-hydrogen) atoms. The Morgan fingerprint density at radius 1 is 1.25 bits per heavy atom. The molecule has 0 N–H and O–H groups in total. The molecule has 1 aliphatic rings. The van der Waals surface area contributed by atoms with Crippen molar-refractivity contribution in [3.63, 3.8) is 0 Å². The van der Waals surface area contributed by atoms with Gasteiger partial charge in [-0.15, -0.1) is 0 Å². The molecule has 1 heterocycles. The Bertz CT molecular complexity index is 482. The maximum absolute atomic E-state index is 13.0. The Labute approximate surface area is 125 Å². The standard InChI is InChI=1S/C15H24O3SSi/c1-15(2)17-11-13(18-15)14(20(3,4)5)19(16)12-9-7-6-8-10-12/h6-10,13-14H,11H2,1-5H3/t13-,14+,19?/m0/s1. The van der Waals surface area contributed by atoms with Crippen LogP contribution in [-0.2, 0) is 20.3 Å². The molecule has 1 aromatic carbocycles. The highest BCUT2D eigenvalue weighted by Gasteiger charge is 2.45. The van der Waals surface area contributed by atoms with Gasteiger partial charge in [0.1, 0.15) is 0 Å². The lowest BCUT2D eigenvalue weighted by atomic mass is 10.4. The Balaban J connectivity index is 2.28. The molecule has 112 valence electrons. The van der Waals surface area contributed by atoms with Crippen molar-refractivity contribution < 1.29 is 13.7 Å². The minimum atomic E-state index is -1.67. The summed E-state index contributed by atoms with van der Waals surface area (Å²) < 4.78 is 24.7. The van der Waals surface area contributed by atoms with E-state index in [0.717, 1.165) is 4.90 Å². The Kier molecular flexibility index (Phi) is 4.54. The zero-order valence-corrected chi connectivity index (χ0v) is 14.7. The van der Waals surface area contributed by atoms with E-state index in [9.17, 15) is 4.21 Å². The molecule has 1 fully saturated rings. The van der Waals surface area contributed by atoms with Crippen LogP contribution in [-0.4, -0.2) is 35.7 Å².